The summed E-state index contributed by atoms with van der Waals surface area (Å²) in [4.78, 5) is 23.6. The standard InChI is InChI=1S/C15H18N4O2/c1-10-7-18(15(20)21)8-11(2)19(10)14-12-5-3-4-6-13(12)16-9-17-14/h3-6,9-11H,7-8H2,1-2H3,(H,20,21). The maximum atomic E-state index is 11.2. The average Bonchev–Trinajstić information content (AvgIpc) is 2.46. The van der Waals surface area contributed by atoms with E-state index in [9.17, 15) is 9.90 Å². The van der Waals surface area contributed by atoms with Crippen LogP contribution in [-0.4, -0.2) is 51.2 Å². The number of rotatable bonds is 1. The molecule has 0 saturated carbocycles. The molecule has 6 nitrogen and oxygen atoms in total. The van der Waals surface area contributed by atoms with Gasteiger partial charge < -0.3 is 14.9 Å². The van der Waals surface area contributed by atoms with Gasteiger partial charge in [0.05, 0.1) is 5.52 Å². The lowest BCUT2D eigenvalue weighted by Crippen LogP contribution is -2.58. The molecule has 110 valence electrons. The Morgan fingerprint density at radius 1 is 1.19 bits per heavy atom. The van der Waals surface area contributed by atoms with Crippen LogP contribution in [0.4, 0.5) is 10.6 Å². The maximum absolute atomic E-state index is 11.2. The largest absolute Gasteiger partial charge is 0.465 e. The molecule has 2 atom stereocenters. The fraction of sp³-hybridized carbons (Fsp3) is 0.400. The van der Waals surface area contributed by atoms with E-state index in [1.54, 1.807) is 6.33 Å². The molecular weight excluding hydrogens is 268 g/mol. The lowest BCUT2D eigenvalue weighted by molar-refractivity contribution is 0.128. The number of fused-ring (bicyclic) bond motifs is 1. The molecule has 0 spiro atoms. The highest BCUT2D eigenvalue weighted by molar-refractivity contribution is 5.89. The van der Waals surface area contributed by atoms with Crippen molar-refractivity contribution >= 4 is 22.8 Å². The molecule has 0 aliphatic carbocycles. The van der Waals surface area contributed by atoms with E-state index >= 15 is 0 Å². The Morgan fingerprint density at radius 3 is 2.52 bits per heavy atom. The molecule has 1 saturated heterocycles. The van der Waals surface area contributed by atoms with Crippen LogP contribution in [0.3, 0.4) is 0 Å². The van der Waals surface area contributed by atoms with E-state index in [1.807, 2.05) is 38.1 Å². The number of para-hydroxylation sites is 1. The average molecular weight is 286 g/mol. The van der Waals surface area contributed by atoms with Gasteiger partial charge in [0.25, 0.3) is 0 Å². The minimum Gasteiger partial charge on any atom is -0.465 e. The second-order valence-corrected chi connectivity index (χ2v) is 5.51. The third-order valence-electron chi connectivity index (χ3n) is 3.96. The summed E-state index contributed by atoms with van der Waals surface area (Å²) in [6.45, 7) is 5.03. The zero-order valence-electron chi connectivity index (χ0n) is 12.1. The van der Waals surface area contributed by atoms with E-state index in [0.29, 0.717) is 13.1 Å². The molecule has 2 aromatic rings. The number of hydrogen-bond donors (Lipinski definition) is 1. The molecule has 1 amide bonds. The predicted molar refractivity (Wildman–Crippen MR) is 80.5 cm³/mol. The minimum atomic E-state index is -0.860. The van der Waals surface area contributed by atoms with Crippen molar-refractivity contribution in [2.45, 2.75) is 25.9 Å². The highest BCUT2D eigenvalue weighted by Crippen LogP contribution is 2.28. The number of carboxylic acid groups (broad SMARTS) is 1. The number of aromatic nitrogens is 2. The Hall–Kier alpha value is -2.37. The van der Waals surface area contributed by atoms with E-state index < -0.39 is 6.09 Å². The quantitative estimate of drug-likeness (QED) is 0.870. The molecular formula is C15H18N4O2. The van der Waals surface area contributed by atoms with E-state index in [1.165, 1.54) is 4.90 Å². The molecule has 6 heteroatoms. The molecule has 2 unspecified atom stereocenters. The molecule has 1 aliphatic heterocycles. The topological polar surface area (TPSA) is 69.6 Å². The summed E-state index contributed by atoms with van der Waals surface area (Å²) in [6, 6.07) is 8.04. The molecule has 1 N–H and O–H groups in total. The van der Waals surface area contributed by atoms with E-state index in [-0.39, 0.29) is 12.1 Å². The molecule has 3 rings (SSSR count). The number of nitrogens with zero attached hydrogens (tertiary/aromatic N) is 4. The Bertz CT molecular complexity index is 658. The number of piperazine rings is 1. The first-order valence-corrected chi connectivity index (χ1v) is 7.04. The highest BCUT2D eigenvalue weighted by atomic mass is 16.4. The van der Waals surface area contributed by atoms with Crippen molar-refractivity contribution in [2.75, 3.05) is 18.0 Å². The van der Waals surface area contributed by atoms with Crippen LogP contribution < -0.4 is 4.90 Å². The Balaban J connectivity index is 2.01. The van der Waals surface area contributed by atoms with Crippen LogP contribution in [0.5, 0.6) is 0 Å². The van der Waals surface area contributed by atoms with Crippen molar-refractivity contribution in [3.8, 4) is 0 Å². The van der Waals surface area contributed by atoms with Gasteiger partial charge >= 0.3 is 6.09 Å². The van der Waals surface area contributed by atoms with Crippen LogP contribution in [0, 0.1) is 0 Å². The number of hydrogen-bond acceptors (Lipinski definition) is 4. The van der Waals surface area contributed by atoms with E-state index in [4.69, 9.17) is 0 Å². The summed E-state index contributed by atoms with van der Waals surface area (Å²) in [7, 11) is 0. The summed E-state index contributed by atoms with van der Waals surface area (Å²) in [5.41, 5.74) is 0.905. The van der Waals surface area contributed by atoms with Crippen molar-refractivity contribution in [1.29, 1.82) is 0 Å². The Kier molecular flexibility index (Phi) is 3.37. The first-order chi connectivity index (χ1) is 10.1. The van der Waals surface area contributed by atoms with Crippen LogP contribution in [0.15, 0.2) is 30.6 Å². The number of carbonyl (C=O) groups is 1. The van der Waals surface area contributed by atoms with Crippen LogP contribution in [-0.2, 0) is 0 Å². The maximum Gasteiger partial charge on any atom is 0.407 e. The van der Waals surface area contributed by atoms with Crippen molar-refractivity contribution in [2.24, 2.45) is 0 Å². The molecule has 1 aromatic carbocycles. The molecule has 0 radical (unpaired) electrons. The van der Waals surface area contributed by atoms with Gasteiger partial charge in [0.15, 0.2) is 0 Å². The fourth-order valence-electron chi connectivity index (χ4n) is 3.09. The minimum absolute atomic E-state index is 0.0724. The first-order valence-electron chi connectivity index (χ1n) is 7.04. The smallest absolute Gasteiger partial charge is 0.407 e. The van der Waals surface area contributed by atoms with Gasteiger partial charge in [-0.3, -0.25) is 0 Å². The molecule has 1 aliphatic rings. The van der Waals surface area contributed by atoms with Gasteiger partial charge in [-0.15, -0.1) is 0 Å². The molecule has 1 fully saturated rings. The number of amides is 1. The lowest BCUT2D eigenvalue weighted by Gasteiger charge is -2.44. The third-order valence-corrected chi connectivity index (χ3v) is 3.96. The molecule has 21 heavy (non-hydrogen) atoms. The van der Waals surface area contributed by atoms with Crippen LogP contribution in [0.25, 0.3) is 10.9 Å². The first kappa shape index (κ1) is 13.6. The number of anilines is 1. The zero-order valence-corrected chi connectivity index (χ0v) is 12.1. The second-order valence-electron chi connectivity index (χ2n) is 5.51. The van der Waals surface area contributed by atoms with E-state index in [0.717, 1.165) is 16.7 Å². The van der Waals surface area contributed by atoms with Gasteiger partial charge in [-0.25, -0.2) is 14.8 Å². The summed E-state index contributed by atoms with van der Waals surface area (Å²) >= 11 is 0. The Morgan fingerprint density at radius 2 is 1.86 bits per heavy atom. The monoisotopic (exact) mass is 286 g/mol. The van der Waals surface area contributed by atoms with Crippen molar-refractivity contribution in [3.05, 3.63) is 30.6 Å². The summed E-state index contributed by atoms with van der Waals surface area (Å²) in [6.07, 6.45) is 0.710. The normalized spacial score (nSPS) is 22.6. The second kappa shape index (κ2) is 5.20. The molecule has 2 heterocycles. The predicted octanol–water partition coefficient (Wildman–Crippen LogP) is 2.21. The van der Waals surface area contributed by atoms with Crippen molar-refractivity contribution in [3.63, 3.8) is 0 Å². The van der Waals surface area contributed by atoms with Gasteiger partial charge in [-0.1, -0.05) is 12.1 Å². The Labute approximate surface area is 123 Å². The van der Waals surface area contributed by atoms with Gasteiger partial charge in [0.1, 0.15) is 12.1 Å². The van der Waals surface area contributed by atoms with Crippen molar-refractivity contribution in [1.82, 2.24) is 14.9 Å². The summed E-state index contributed by atoms with van der Waals surface area (Å²) in [5.74, 6) is 0.880. The summed E-state index contributed by atoms with van der Waals surface area (Å²) < 4.78 is 0. The third kappa shape index (κ3) is 2.37. The fourth-order valence-corrected chi connectivity index (χ4v) is 3.09. The van der Waals surface area contributed by atoms with Gasteiger partial charge in [-0.05, 0) is 26.0 Å². The lowest BCUT2D eigenvalue weighted by atomic mass is 10.1. The van der Waals surface area contributed by atoms with Crippen LogP contribution in [0.2, 0.25) is 0 Å². The van der Waals surface area contributed by atoms with Crippen molar-refractivity contribution < 1.29 is 9.90 Å². The van der Waals surface area contributed by atoms with Crippen LogP contribution in [0.1, 0.15) is 13.8 Å². The SMILES string of the molecule is CC1CN(C(=O)O)CC(C)N1c1ncnc2ccccc12. The molecule has 0 bridgehead atoms. The highest BCUT2D eigenvalue weighted by Gasteiger charge is 2.33. The van der Waals surface area contributed by atoms with E-state index in [2.05, 4.69) is 14.9 Å². The number of benzene rings is 1. The zero-order chi connectivity index (χ0) is 15.0. The van der Waals surface area contributed by atoms with Gasteiger partial charge in [0, 0.05) is 30.6 Å². The van der Waals surface area contributed by atoms with Gasteiger partial charge in [0.2, 0.25) is 0 Å². The van der Waals surface area contributed by atoms with Crippen LogP contribution >= 0.6 is 0 Å². The van der Waals surface area contributed by atoms with Gasteiger partial charge in [-0.2, -0.15) is 0 Å². The molecule has 1 aromatic heterocycles. The summed E-state index contributed by atoms with van der Waals surface area (Å²) in [5, 5.41) is 10.2.